The van der Waals surface area contributed by atoms with Gasteiger partial charge in [0.1, 0.15) is 0 Å². The Morgan fingerprint density at radius 1 is 0.388 bits per heavy atom. The van der Waals surface area contributed by atoms with Crippen LogP contribution in [0.25, 0.3) is 22.3 Å². The van der Waals surface area contributed by atoms with E-state index >= 15 is 0 Å². The minimum Gasteiger partial charge on any atom is -0.310 e. The van der Waals surface area contributed by atoms with Crippen molar-refractivity contribution in [1.82, 2.24) is 0 Å². The van der Waals surface area contributed by atoms with E-state index in [0.717, 1.165) is 12.8 Å². The summed E-state index contributed by atoms with van der Waals surface area (Å²) in [5.74, 6) is 0. The number of fused-ring (bicyclic) bond motifs is 7. The Kier molecular flexibility index (Phi) is 6.36. The van der Waals surface area contributed by atoms with E-state index in [1.54, 1.807) is 0 Å². The second-order valence-electron chi connectivity index (χ2n) is 16.6. The highest BCUT2D eigenvalue weighted by Gasteiger charge is 2.56. The lowest BCUT2D eigenvalue weighted by molar-refractivity contribution is 0.349. The van der Waals surface area contributed by atoms with Crippen molar-refractivity contribution in [3.05, 3.63) is 173 Å². The summed E-state index contributed by atoms with van der Waals surface area (Å²) in [5, 5.41) is 0. The zero-order valence-corrected chi connectivity index (χ0v) is 29.6. The average Bonchev–Trinajstić information content (AvgIpc) is 3.58. The van der Waals surface area contributed by atoms with Crippen LogP contribution in [0.1, 0.15) is 87.8 Å². The molecule has 3 aliphatic rings. The molecule has 49 heavy (non-hydrogen) atoms. The Bertz CT molecular complexity index is 2250. The van der Waals surface area contributed by atoms with Crippen LogP contribution in [0.4, 0.5) is 17.1 Å². The van der Waals surface area contributed by atoms with Crippen molar-refractivity contribution < 1.29 is 0 Å². The molecule has 1 nitrogen and oxygen atoms in total. The van der Waals surface area contributed by atoms with E-state index in [4.69, 9.17) is 0 Å². The zero-order valence-electron chi connectivity index (χ0n) is 29.6. The maximum atomic E-state index is 2.52. The predicted molar refractivity (Wildman–Crippen MR) is 207 cm³/mol. The van der Waals surface area contributed by atoms with Crippen molar-refractivity contribution >= 4 is 17.1 Å². The molecule has 0 radical (unpaired) electrons. The van der Waals surface area contributed by atoms with E-state index in [9.17, 15) is 0 Å². The van der Waals surface area contributed by atoms with Gasteiger partial charge in [0, 0.05) is 27.9 Å². The van der Waals surface area contributed by atoms with Crippen molar-refractivity contribution in [2.45, 2.75) is 76.0 Å². The summed E-state index contributed by atoms with van der Waals surface area (Å²) in [6.45, 7) is 14.6. The second kappa shape index (κ2) is 10.3. The van der Waals surface area contributed by atoms with Crippen LogP contribution < -0.4 is 4.90 Å². The van der Waals surface area contributed by atoms with Crippen molar-refractivity contribution in [2.75, 3.05) is 4.90 Å². The quantitative estimate of drug-likeness (QED) is 0.186. The highest BCUT2D eigenvalue weighted by molar-refractivity contribution is 5.86. The standard InChI is InChI=1S/C48H45N/c1-45(2)30-48(41-19-13-12-18-40(41)45)31-46(3,4)44-29-36(25-27-42(44)48)49(34-22-20-33(21-23-34)32-14-8-7-9-15-32)35-24-26-38-37-16-10-11-17-39(37)47(5,6)43(38)28-35/h7-29H,30-31H2,1-6H3. The van der Waals surface area contributed by atoms with E-state index in [1.807, 2.05) is 0 Å². The first-order valence-corrected chi connectivity index (χ1v) is 17.9. The van der Waals surface area contributed by atoms with Crippen molar-refractivity contribution in [3.63, 3.8) is 0 Å². The molecular formula is C48H45N. The third-order valence-corrected chi connectivity index (χ3v) is 12.2. The van der Waals surface area contributed by atoms with Gasteiger partial charge in [0.15, 0.2) is 0 Å². The maximum Gasteiger partial charge on any atom is 0.0465 e. The lowest BCUT2D eigenvalue weighted by atomic mass is 9.72. The highest BCUT2D eigenvalue weighted by Crippen LogP contribution is 2.63. The summed E-state index contributed by atoms with van der Waals surface area (Å²) < 4.78 is 0. The van der Waals surface area contributed by atoms with Crippen LogP contribution in [-0.2, 0) is 21.7 Å². The van der Waals surface area contributed by atoms with Crippen LogP contribution >= 0.6 is 0 Å². The fourth-order valence-corrected chi connectivity index (χ4v) is 10.1. The molecule has 3 aliphatic carbocycles. The van der Waals surface area contributed by atoms with Gasteiger partial charge in [0.05, 0.1) is 0 Å². The molecule has 0 N–H and O–H groups in total. The topological polar surface area (TPSA) is 3.24 Å². The van der Waals surface area contributed by atoms with Crippen LogP contribution in [0.3, 0.4) is 0 Å². The predicted octanol–water partition coefficient (Wildman–Crippen LogP) is 12.8. The Balaban J connectivity index is 1.21. The molecule has 0 heterocycles. The molecule has 0 amide bonds. The van der Waals surface area contributed by atoms with Crippen molar-refractivity contribution in [3.8, 4) is 22.3 Å². The van der Waals surface area contributed by atoms with Gasteiger partial charge in [0.25, 0.3) is 0 Å². The molecule has 1 heteroatoms. The Morgan fingerprint density at radius 2 is 0.878 bits per heavy atom. The van der Waals surface area contributed by atoms with Gasteiger partial charge < -0.3 is 4.90 Å². The van der Waals surface area contributed by atoms with Gasteiger partial charge in [0.2, 0.25) is 0 Å². The first-order chi connectivity index (χ1) is 23.5. The Labute approximate surface area is 292 Å². The van der Waals surface area contributed by atoms with Gasteiger partial charge in [-0.05, 0) is 116 Å². The summed E-state index contributed by atoms with van der Waals surface area (Å²) in [6.07, 6.45) is 2.29. The SMILES string of the molecule is CC1(C)CC2(CC(C)(C)c3cc(N(c4ccc(-c5ccccc5)cc4)c4ccc5c(c4)C(C)(C)c4ccccc4-5)ccc32)c2ccccc21. The maximum absolute atomic E-state index is 2.52. The number of hydrogen-bond donors (Lipinski definition) is 0. The molecule has 0 saturated carbocycles. The Morgan fingerprint density at radius 3 is 1.59 bits per heavy atom. The minimum absolute atomic E-state index is 0.0446. The van der Waals surface area contributed by atoms with Gasteiger partial charge in [-0.3, -0.25) is 0 Å². The minimum atomic E-state index is -0.0697. The number of rotatable bonds is 4. The van der Waals surface area contributed by atoms with Gasteiger partial charge in [-0.25, -0.2) is 0 Å². The summed E-state index contributed by atoms with van der Waals surface area (Å²) in [6, 6.07) is 52.5. The van der Waals surface area contributed by atoms with Crippen LogP contribution in [0.5, 0.6) is 0 Å². The molecule has 6 aromatic carbocycles. The number of hydrogen-bond acceptors (Lipinski definition) is 1. The zero-order chi connectivity index (χ0) is 33.8. The molecule has 1 spiro atoms. The normalized spacial score (nSPS) is 20.0. The highest BCUT2D eigenvalue weighted by atomic mass is 15.1. The fraction of sp³-hybridized carbons (Fsp3) is 0.250. The van der Waals surface area contributed by atoms with E-state index in [2.05, 4.69) is 186 Å². The van der Waals surface area contributed by atoms with Crippen molar-refractivity contribution in [2.24, 2.45) is 0 Å². The third kappa shape index (κ3) is 4.37. The summed E-state index contributed by atoms with van der Waals surface area (Å²) in [4.78, 5) is 2.49. The van der Waals surface area contributed by atoms with Gasteiger partial charge in [-0.2, -0.15) is 0 Å². The Hall–Kier alpha value is -4.88. The van der Waals surface area contributed by atoms with E-state index in [1.165, 1.54) is 72.7 Å². The molecule has 9 rings (SSSR count). The molecule has 0 fully saturated rings. The summed E-state index contributed by atoms with van der Waals surface area (Å²) in [7, 11) is 0. The molecule has 242 valence electrons. The molecule has 6 aromatic rings. The van der Waals surface area contributed by atoms with Crippen LogP contribution in [0.2, 0.25) is 0 Å². The van der Waals surface area contributed by atoms with Crippen LogP contribution in [-0.4, -0.2) is 0 Å². The first-order valence-electron chi connectivity index (χ1n) is 17.9. The van der Waals surface area contributed by atoms with Gasteiger partial charge in [-0.15, -0.1) is 0 Å². The van der Waals surface area contributed by atoms with E-state index < -0.39 is 0 Å². The van der Waals surface area contributed by atoms with Crippen LogP contribution in [0.15, 0.2) is 140 Å². The largest absolute Gasteiger partial charge is 0.310 e. The monoisotopic (exact) mass is 635 g/mol. The summed E-state index contributed by atoms with van der Waals surface area (Å²) in [5.41, 5.74) is 17.8. The fourth-order valence-electron chi connectivity index (χ4n) is 10.1. The number of nitrogens with zero attached hydrogens (tertiary/aromatic N) is 1. The van der Waals surface area contributed by atoms with Gasteiger partial charge >= 0.3 is 0 Å². The molecule has 0 aromatic heterocycles. The van der Waals surface area contributed by atoms with E-state index in [-0.39, 0.29) is 21.7 Å². The molecule has 1 unspecified atom stereocenters. The van der Waals surface area contributed by atoms with Crippen LogP contribution in [0, 0.1) is 0 Å². The molecule has 0 saturated heterocycles. The summed E-state index contributed by atoms with van der Waals surface area (Å²) >= 11 is 0. The lowest BCUT2D eigenvalue weighted by Crippen LogP contribution is -2.26. The molecule has 0 bridgehead atoms. The van der Waals surface area contributed by atoms with Crippen molar-refractivity contribution in [1.29, 1.82) is 0 Å². The molecule has 0 aliphatic heterocycles. The first kappa shape index (κ1) is 30.2. The average molecular weight is 636 g/mol. The smallest absolute Gasteiger partial charge is 0.0465 e. The second-order valence-corrected chi connectivity index (χ2v) is 16.6. The number of anilines is 3. The third-order valence-electron chi connectivity index (χ3n) is 12.2. The molecule has 1 atom stereocenters. The lowest BCUT2D eigenvalue weighted by Gasteiger charge is -2.31. The van der Waals surface area contributed by atoms with Gasteiger partial charge in [-0.1, -0.05) is 145 Å². The number of benzene rings is 6. The molecular weight excluding hydrogens is 591 g/mol. The van der Waals surface area contributed by atoms with E-state index in [0.29, 0.717) is 0 Å².